The van der Waals surface area contributed by atoms with Crippen LogP contribution in [0.2, 0.25) is 0 Å². The number of hydrogen-bond acceptors (Lipinski definition) is 15. The van der Waals surface area contributed by atoms with Gasteiger partial charge in [-0.05, 0) is 6.92 Å². The van der Waals surface area contributed by atoms with E-state index in [2.05, 4.69) is 0 Å². The van der Waals surface area contributed by atoms with E-state index in [4.69, 9.17) is 23.7 Å². The van der Waals surface area contributed by atoms with Crippen LogP contribution >= 0.6 is 0 Å². The van der Waals surface area contributed by atoms with Crippen LogP contribution in [0, 0.1) is 17.8 Å². The molecule has 0 saturated carbocycles. The zero-order valence-corrected chi connectivity index (χ0v) is 22.0. The first-order valence-corrected chi connectivity index (χ1v) is 13.2. The number of rotatable bonds is 12. The van der Waals surface area contributed by atoms with Crippen molar-refractivity contribution in [3.05, 3.63) is 0 Å². The summed E-state index contributed by atoms with van der Waals surface area (Å²) in [6.07, 6.45) is -15.2. The molecule has 0 bridgehead atoms. The van der Waals surface area contributed by atoms with E-state index in [0.29, 0.717) is 0 Å². The number of carboxylic acids is 1. The predicted molar refractivity (Wildman–Crippen MR) is 129 cm³/mol. The third kappa shape index (κ3) is 7.27. The van der Waals surface area contributed by atoms with Crippen LogP contribution in [-0.2, 0) is 28.5 Å². The Morgan fingerprint density at radius 2 is 1.12 bits per heavy atom. The molecule has 0 aromatic carbocycles. The molecule has 16 nitrogen and oxygen atoms in total. The molecule has 3 saturated heterocycles. The van der Waals surface area contributed by atoms with Crippen LogP contribution in [0.15, 0.2) is 0 Å². The van der Waals surface area contributed by atoms with Gasteiger partial charge < -0.3 is 74.7 Å². The minimum Gasteiger partial charge on any atom is -0.479 e. The lowest BCUT2D eigenvalue weighted by molar-refractivity contribution is -0.242. The van der Waals surface area contributed by atoms with Crippen LogP contribution in [0.1, 0.15) is 6.92 Å². The molecule has 0 aromatic rings. The van der Waals surface area contributed by atoms with Gasteiger partial charge in [-0.15, -0.1) is 0 Å². The number of aliphatic hydroxyl groups excluding tert-OH is 9. The van der Waals surface area contributed by atoms with E-state index in [0.717, 1.165) is 0 Å². The van der Waals surface area contributed by atoms with Crippen molar-refractivity contribution in [3.8, 4) is 0 Å². The molecule has 0 aromatic heterocycles. The Balaban J connectivity index is 1.64. The molecule has 234 valence electrons. The van der Waals surface area contributed by atoms with Crippen molar-refractivity contribution in [2.45, 2.75) is 80.2 Å². The lowest BCUT2D eigenvalue weighted by atomic mass is 9.80. The standard InChI is InChI=1S/C24H42O16/c1-9-17(28)22(33)21(32)15(38-9)7-37-6-12-11(13(3-26)39-14(4-27)18(12)29)5-36-8-16-20(31)19(30)10(2-25)23(40-16)24(34)35/h9-23,25-33H,2-8H2,1H3,(H,34,35)/t9?,10-,11?,12?,13+,14?,15-,16-,17+,18-,19?,20?,21?,22?,23?/m0/s1. The topological polar surface area (TPSA) is 266 Å². The fraction of sp³-hybridized carbons (Fsp3) is 0.958. The smallest absolute Gasteiger partial charge is 0.333 e. The van der Waals surface area contributed by atoms with Gasteiger partial charge in [-0.25, -0.2) is 4.79 Å². The van der Waals surface area contributed by atoms with Crippen molar-refractivity contribution < 1.29 is 79.5 Å². The van der Waals surface area contributed by atoms with Gasteiger partial charge in [0.15, 0.2) is 6.10 Å². The van der Waals surface area contributed by atoms with Crippen LogP contribution < -0.4 is 0 Å². The van der Waals surface area contributed by atoms with Crippen molar-refractivity contribution in [2.75, 3.05) is 46.2 Å². The minimum absolute atomic E-state index is 0.175. The highest BCUT2D eigenvalue weighted by Gasteiger charge is 2.49. The molecule has 0 amide bonds. The molecule has 3 fully saturated rings. The van der Waals surface area contributed by atoms with Gasteiger partial charge in [-0.1, -0.05) is 0 Å². The second kappa shape index (κ2) is 14.9. The molecular formula is C24H42O16. The SMILES string of the molecule is CC1O[C@@H](COCC2C(COC[C@@H]3OC(C(=O)O)[C@@H](CO)C(O)C3O)[C@@H](CO)OC(CO)[C@H]2O)C(O)C(O)[C@@H]1O. The summed E-state index contributed by atoms with van der Waals surface area (Å²) in [5, 5.41) is 100.0. The first-order valence-electron chi connectivity index (χ1n) is 13.2. The lowest BCUT2D eigenvalue weighted by Gasteiger charge is -2.45. The summed E-state index contributed by atoms with van der Waals surface area (Å²) in [4.78, 5) is 11.5. The molecule has 9 unspecified atom stereocenters. The third-order valence-corrected chi connectivity index (χ3v) is 8.03. The van der Waals surface area contributed by atoms with Gasteiger partial charge in [0.1, 0.15) is 42.7 Å². The molecule has 15 atom stereocenters. The first kappa shape index (κ1) is 33.4. The van der Waals surface area contributed by atoms with E-state index in [1.54, 1.807) is 0 Å². The van der Waals surface area contributed by atoms with Crippen molar-refractivity contribution in [2.24, 2.45) is 17.8 Å². The van der Waals surface area contributed by atoms with Crippen molar-refractivity contribution in [1.82, 2.24) is 0 Å². The van der Waals surface area contributed by atoms with Gasteiger partial charge in [0.2, 0.25) is 0 Å². The molecule has 40 heavy (non-hydrogen) atoms. The van der Waals surface area contributed by atoms with E-state index in [-0.39, 0.29) is 26.4 Å². The quantitative estimate of drug-likeness (QED) is 0.102. The van der Waals surface area contributed by atoms with Crippen molar-refractivity contribution >= 4 is 5.97 Å². The maximum absolute atomic E-state index is 11.5. The number of hydrogen-bond donors (Lipinski definition) is 10. The maximum atomic E-state index is 11.5. The highest BCUT2D eigenvalue weighted by atomic mass is 16.6. The Bertz CT molecular complexity index is 788. The second-order valence-electron chi connectivity index (χ2n) is 10.6. The van der Waals surface area contributed by atoms with Crippen molar-refractivity contribution in [3.63, 3.8) is 0 Å². The Kier molecular flexibility index (Phi) is 12.4. The van der Waals surface area contributed by atoms with Crippen LogP contribution in [-0.4, -0.2) is 177 Å². The zero-order valence-electron chi connectivity index (χ0n) is 22.0. The summed E-state index contributed by atoms with van der Waals surface area (Å²) in [7, 11) is 0. The molecule has 3 rings (SSSR count). The van der Waals surface area contributed by atoms with Gasteiger partial charge in [0.25, 0.3) is 0 Å². The van der Waals surface area contributed by atoms with Crippen LogP contribution in [0.4, 0.5) is 0 Å². The molecule has 3 aliphatic heterocycles. The first-order chi connectivity index (χ1) is 19.0. The minimum atomic E-state index is -1.59. The van der Waals surface area contributed by atoms with E-state index in [9.17, 15) is 55.9 Å². The summed E-state index contributed by atoms with van der Waals surface area (Å²) < 4.78 is 27.8. The zero-order chi connectivity index (χ0) is 29.7. The molecule has 0 radical (unpaired) electrons. The van der Waals surface area contributed by atoms with Gasteiger partial charge >= 0.3 is 5.97 Å². The van der Waals surface area contributed by atoms with E-state index in [1.165, 1.54) is 6.92 Å². The van der Waals surface area contributed by atoms with Crippen LogP contribution in [0.25, 0.3) is 0 Å². The Hall–Kier alpha value is -1.09. The Morgan fingerprint density at radius 1 is 0.575 bits per heavy atom. The van der Waals surface area contributed by atoms with E-state index >= 15 is 0 Å². The fourth-order valence-corrected chi connectivity index (χ4v) is 5.51. The van der Waals surface area contributed by atoms with E-state index < -0.39 is 117 Å². The van der Waals surface area contributed by atoms with Gasteiger partial charge in [0, 0.05) is 17.8 Å². The monoisotopic (exact) mass is 586 g/mol. The normalized spacial score (nSPS) is 46.3. The van der Waals surface area contributed by atoms with Gasteiger partial charge in [0.05, 0.1) is 70.7 Å². The molecule has 16 heteroatoms. The summed E-state index contributed by atoms with van der Waals surface area (Å²) in [5.74, 6) is -4.21. The maximum Gasteiger partial charge on any atom is 0.333 e. The lowest BCUT2D eigenvalue weighted by Crippen LogP contribution is -2.59. The molecule has 0 aliphatic carbocycles. The van der Waals surface area contributed by atoms with Gasteiger partial charge in [-0.3, -0.25) is 0 Å². The van der Waals surface area contributed by atoms with Gasteiger partial charge in [-0.2, -0.15) is 0 Å². The summed E-state index contributed by atoms with van der Waals surface area (Å²) in [5.41, 5.74) is 0. The average molecular weight is 587 g/mol. The summed E-state index contributed by atoms with van der Waals surface area (Å²) in [6.45, 7) is -1.27. The summed E-state index contributed by atoms with van der Waals surface area (Å²) >= 11 is 0. The number of carboxylic acid groups (broad SMARTS) is 1. The average Bonchev–Trinajstić information content (AvgIpc) is 2.93. The summed E-state index contributed by atoms with van der Waals surface area (Å²) in [6, 6.07) is 0. The third-order valence-electron chi connectivity index (χ3n) is 8.03. The number of aliphatic hydroxyl groups is 9. The van der Waals surface area contributed by atoms with Crippen molar-refractivity contribution in [1.29, 1.82) is 0 Å². The Labute approximate surface area is 230 Å². The van der Waals surface area contributed by atoms with Crippen LogP contribution in [0.3, 0.4) is 0 Å². The highest BCUT2D eigenvalue weighted by molar-refractivity contribution is 5.73. The number of aliphatic carboxylic acids is 1. The Morgan fingerprint density at radius 3 is 1.68 bits per heavy atom. The molecular weight excluding hydrogens is 544 g/mol. The largest absolute Gasteiger partial charge is 0.479 e. The predicted octanol–water partition coefficient (Wildman–Crippen LogP) is -5.58. The second-order valence-corrected chi connectivity index (χ2v) is 10.6. The fourth-order valence-electron chi connectivity index (χ4n) is 5.51. The van der Waals surface area contributed by atoms with E-state index in [1.807, 2.05) is 0 Å². The highest BCUT2D eigenvalue weighted by Crippen LogP contribution is 2.33. The number of carbonyl (C=O) groups is 1. The molecule has 10 N–H and O–H groups in total. The molecule has 3 aliphatic rings. The molecule has 0 spiro atoms. The molecule has 3 heterocycles. The number of ether oxygens (including phenoxy) is 5. The van der Waals surface area contributed by atoms with Crippen LogP contribution in [0.5, 0.6) is 0 Å².